The number of benzene rings is 2. The molecule has 2 heterocycles. The molecule has 0 saturated heterocycles. The Morgan fingerprint density at radius 1 is 1.00 bits per heavy atom. The second-order valence-corrected chi connectivity index (χ2v) is 9.05. The standard InChI is InChI=1S/C26H24N2O5/c1-15-7-10-21(27-22(15)16-5-4-6-17(13-16)23(29)30)28-24(31)26(11-12-26)18-8-9-19-20(14-18)33-25(2,3)32-19/h4-10,13-14H,11-12H2,1-3H3,(H,29,30)(H,27,28,31). The van der Waals surface area contributed by atoms with E-state index in [0.717, 1.165) is 24.0 Å². The number of rotatable bonds is 5. The smallest absolute Gasteiger partial charge is 0.335 e. The van der Waals surface area contributed by atoms with Gasteiger partial charge in [-0.25, -0.2) is 9.78 Å². The highest BCUT2D eigenvalue weighted by molar-refractivity contribution is 6.01. The van der Waals surface area contributed by atoms with Crippen molar-refractivity contribution in [2.75, 3.05) is 5.32 Å². The molecule has 33 heavy (non-hydrogen) atoms. The molecule has 2 aliphatic rings. The van der Waals surface area contributed by atoms with Crippen molar-refractivity contribution in [3.8, 4) is 22.8 Å². The van der Waals surface area contributed by atoms with Crippen molar-refractivity contribution in [3.05, 3.63) is 71.3 Å². The van der Waals surface area contributed by atoms with Gasteiger partial charge in [-0.15, -0.1) is 0 Å². The Labute approximate surface area is 191 Å². The Morgan fingerprint density at radius 2 is 1.76 bits per heavy atom. The first-order valence-corrected chi connectivity index (χ1v) is 10.8. The molecule has 7 nitrogen and oxygen atoms in total. The number of carbonyl (C=O) groups is 2. The van der Waals surface area contributed by atoms with Gasteiger partial charge < -0.3 is 19.9 Å². The molecule has 2 aromatic carbocycles. The highest BCUT2D eigenvalue weighted by atomic mass is 16.7. The van der Waals surface area contributed by atoms with Crippen LogP contribution >= 0.6 is 0 Å². The second-order valence-electron chi connectivity index (χ2n) is 9.05. The van der Waals surface area contributed by atoms with Gasteiger partial charge in [-0.2, -0.15) is 0 Å². The largest absolute Gasteiger partial charge is 0.478 e. The number of nitrogens with one attached hydrogen (secondary N) is 1. The Hall–Kier alpha value is -3.87. The number of amides is 1. The minimum Gasteiger partial charge on any atom is -0.478 e. The first kappa shape index (κ1) is 21.0. The number of carboxylic acids is 1. The van der Waals surface area contributed by atoms with E-state index in [-0.39, 0.29) is 11.5 Å². The Morgan fingerprint density at radius 3 is 2.48 bits per heavy atom. The Kier molecular flexibility index (Phi) is 4.67. The maximum absolute atomic E-state index is 13.3. The van der Waals surface area contributed by atoms with Gasteiger partial charge in [-0.3, -0.25) is 4.79 Å². The van der Waals surface area contributed by atoms with Gasteiger partial charge in [0.15, 0.2) is 11.5 Å². The first-order chi connectivity index (χ1) is 15.7. The summed E-state index contributed by atoms with van der Waals surface area (Å²) in [6.45, 7) is 5.59. The Balaban J connectivity index is 1.40. The topological polar surface area (TPSA) is 97.8 Å². The number of carbonyl (C=O) groups excluding carboxylic acids is 1. The summed E-state index contributed by atoms with van der Waals surface area (Å²) in [4.78, 5) is 29.3. The summed E-state index contributed by atoms with van der Waals surface area (Å²) in [5.41, 5.74) is 2.65. The molecule has 1 amide bonds. The van der Waals surface area contributed by atoms with Crippen LogP contribution < -0.4 is 14.8 Å². The Bertz CT molecular complexity index is 1290. The van der Waals surface area contributed by atoms with Gasteiger partial charge in [-0.1, -0.05) is 24.3 Å². The van der Waals surface area contributed by atoms with Crippen LogP contribution in [0, 0.1) is 6.92 Å². The summed E-state index contributed by atoms with van der Waals surface area (Å²) in [5, 5.41) is 12.3. The van der Waals surface area contributed by atoms with Gasteiger partial charge in [0, 0.05) is 19.4 Å². The normalized spacial score (nSPS) is 16.8. The van der Waals surface area contributed by atoms with E-state index < -0.39 is 17.2 Å². The third-order valence-electron chi connectivity index (χ3n) is 6.11. The summed E-state index contributed by atoms with van der Waals surface area (Å²) in [7, 11) is 0. The number of nitrogens with zero attached hydrogens (tertiary/aromatic N) is 1. The molecule has 3 aromatic rings. The zero-order valence-corrected chi connectivity index (χ0v) is 18.6. The lowest BCUT2D eigenvalue weighted by atomic mass is 9.94. The van der Waals surface area contributed by atoms with E-state index in [1.807, 2.05) is 51.1 Å². The van der Waals surface area contributed by atoms with Crippen molar-refractivity contribution in [2.24, 2.45) is 0 Å². The van der Waals surface area contributed by atoms with Crippen LogP contribution in [0.3, 0.4) is 0 Å². The zero-order chi connectivity index (χ0) is 23.4. The van der Waals surface area contributed by atoms with Crippen molar-refractivity contribution in [3.63, 3.8) is 0 Å². The third kappa shape index (κ3) is 3.80. The molecule has 0 bridgehead atoms. The maximum atomic E-state index is 13.3. The number of ether oxygens (including phenoxy) is 2. The molecule has 0 atom stereocenters. The zero-order valence-electron chi connectivity index (χ0n) is 18.6. The van der Waals surface area contributed by atoms with Gasteiger partial charge in [-0.05, 0) is 61.2 Å². The SMILES string of the molecule is Cc1ccc(NC(=O)C2(c3ccc4c(c3)OC(C)(C)O4)CC2)nc1-c1cccc(C(=O)O)c1. The van der Waals surface area contributed by atoms with E-state index in [1.165, 1.54) is 6.07 Å². The van der Waals surface area contributed by atoms with Crippen molar-refractivity contribution < 1.29 is 24.2 Å². The molecule has 1 aromatic heterocycles. The number of aryl methyl sites for hydroxylation is 1. The summed E-state index contributed by atoms with van der Waals surface area (Å²) in [6, 6.07) is 15.9. The summed E-state index contributed by atoms with van der Waals surface area (Å²) in [5.74, 6) is -0.0995. The summed E-state index contributed by atoms with van der Waals surface area (Å²) < 4.78 is 11.6. The van der Waals surface area contributed by atoms with E-state index >= 15 is 0 Å². The van der Waals surface area contributed by atoms with Gasteiger partial charge in [0.05, 0.1) is 16.7 Å². The first-order valence-electron chi connectivity index (χ1n) is 10.8. The lowest BCUT2D eigenvalue weighted by Gasteiger charge is -2.17. The van der Waals surface area contributed by atoms with Crippen LogP contribution in [-0.2, 0) is 10.2 Å². The van der Waals surface area contributed by atoms with E-state index in [9.17, 15) is 14.7 Å². The van der Waals surface area contributed by atoms with E-state index in [2.05, 4.69) is 10.3 Å². The highest BCUT2D eigenvalue weighted by Gasteiger charge is 2.52. The monoisotopic (exact) mass is 444 g/mol. The number of anilines is 1. The molecule has 1 fully saturated rings. The van der Waals surface area contributed by atoms with Gasteiger partial charge in [0.1, 0.15) is 5.82 Å². The average molecular weight is 444 g/mol. The van der Waals surface area contributed by atoms with E-state index in [0.29, 0.717) is 28.6 Å². The summed E-state index contributed by atoms with van der Waals surface area (Å²) in [6.07, 6.45) is 1.47. The number of aromatic carboxylic acids is 1. The highest BCUT2D eigenvalue weighted by Crippen LogP contribution is 2.52. The molecule has 168 valence electrons. The molecule has 1 aliphatic carbocycles. The van der Waals surface area contributed by atoms with Gasteiger partial charge in [0.25, 0.3) is 0 Å². The van der Waals surface area contributed by atoms with Crippen LogP contribution in [0.5, 0.6) is 11.5 Å². The fourth-order valence-electron chi connectivity index (χ4n) is 4.22. The number of hydrogen-bond acceptors (Lipinski definition) is 5. The molecule has 0 radical (unpaired) electrons. The van der Waals surface area contributed by atoms with Crippen LogP contribution in [0.15, 0.2) is 54.6 Å². The summed E-state index contributed by atoms with van der Waals surface area (Å²) >= 11 is 0. The van der Waals surface area contributed by atoms with Crippen molar-refractivity contribution in [1.82, 2.24) is 4.98 Å². The van der Waals surface area contributed by atoms with Gasteiger partial charge in [0.2, 0.25) is 11.7 Å². The lowest BCUT2D eigenvalue weighted by molar-refractivity contribution is -0.118. The van der Waals surface area contributed by atoms with Crippen molar-refractivity contribution in [1.29, 1.82) is 0 Å². The average Bonchev–Trinajstić information content (AvgIpc) is 3.52. The molecular weight excluding hydrogens is 420 g/mol. The van der Waals surface area contributed by atoms with E-state index in [4.69, 9.17) is 9.47 Å². The fourth-order valence-corrected chi connectivity index (χ4v) is 4.22. The number of pyridine rings is 1. The molecule has 0 spiro atoms. The molecule has 7 heteroatoms. The maximum Gasteiger partial charge on any atom is 0.335 e. The quantitative estimate of drug-likeness (QED) is 0.579. The minimum atomic E-state index is -0.998. The third-order valence-corrected chi connectivity index (χ3v) is 6.11. The van der Waals surface area contributed by atoms with Gasteiger partial charge >= 0.3 is 5.97 Å². The lowest BCUT2D eigenvalue weighted by Crippen LogP contribution is -2.29. The van der Waals surface area contributed by atoms with Crippen molar-refractivity contribution >= 4 is 17.7 Å². The van der Waals surface area contributed by atoms with Crippen molar-refractivity contribution in [2.45, 2.75) is 44.8 Å². The number of carboxylic acid groups (broad SMARTS) is 1. The molecule has 2 N–H and O–H groups in total. The predicted molar refractivity (Wildman–Crippen MR) is 123 cm³/mol. The van der Waals surface area contributed by atoms with Crippen LogP contribution in [0.1, 0.15) is 48.2 Å². The van der Waals surface area contributed by atoms with Crippen LogP contribution in [0.2, 0.25) is 0 Å². The molecule has 1 saturated carbocycles. The number of fused-ring (bicyclic) bond motifs is 1. The fraction of sp³-hybridized carbons (Fsp3) is 0.269. The molecule has 5 rings (SSSR count). The van der Waals surface area contributed by atoms with Crippen LogP contribution in [0.4, 0.5) is 5.82 Å². The predicted octanol–water partition coefficient (Wildman–Crippen LogP) is 4.93. The van der Waals surface area contributed by atoms with Crippen LogP contribution in [0.25, 0.3) is 11.3 Å². The number of aromatic nitrogens is 1. The molecule has 0 unspecified atom stereocenters. The van der Waals surface area contributed by atoms with Crippen LogP contribution in [-0.4, -0.2) is 27.8 Å². The second kappa shape index (κ2) is 7.33. The number of hydrogen-bond donors (Lipinski definition) is 2. The molecular formula is C26H24N2O5. The minimum absolute atomic E-state index is 0.123. The molecule has 1 aliphatic heterocycles. The van der Waals surface area contributed by atoms with E-state index in [1.54, 1.807) is 18.2 Å².